The van der Waals surface area contributed by atoms with E-state index in [1.165, 1.54) is 11.4 Å². The number of ether oxygens (including phenoxy) is 1. The highest BCUT2D eigenvalue weighted by Gasteiger charge is 2.67. The van der Waals surface area contributed by atoms with Crippen LogP contribution in [0.3, 0.4) is 0 Å². The summed E-state index contributed by atoms with van der Waals surface area (Å²) in [6.07, 6.45) is 0. The summed E-state index contributed by atoms with van der Waals surface area (Å²) in [5.74, 6) is -16.3. The predicted octanol–water partition coefficient (Wildman–Crippen LogP) is -2.37. The number of nitrogens with one attached hydrogen (secondary N) is 2. The molecular weight excluding hydrogens is 551 g/mol. The highest BCUT2D eigenvalue weighted by molar-refractivity contribution is 6.09. The van der Waals surface area contributed by atoms with Crippen LogP contribution < -0.4 is 10.6 Å². The summed E-state index contributed by atoms with van der Waals surface area (Å²) in [5, 5.41) is 75.4. The maximum absolute atomic E-state index is 15.2. The molecule has 3 saturated heterocycles. The molecule has 0 spiro atoms. The minimum atomic E-state index is -3.95. The smallest absolute Gasteiger partial charge is 0.303 e. The van der Waals surface area contributed by atoms with Crippen molar-refractivity contribution in [2.45, 2.75) is 30.7 Å². The number of piperidine rings is 1. The van der Waals surface area contributed by atoms with Crippen molar-refractivity contribution in [2.24, 2.45) is 0 Å². The summed E-state index contributed by atoms with van der Waals surface area (Å²) < 4.78 is 20.5. The van der Waals surface area contributed by atoms with Crippen LogP contribution in [-0.2, 0) is 32.2 Å². The quantitative estimate of drug-likeness (QED) is 0.0711. The third kappa shape index (κ3) is 5.35. The van der Waals surface area contributed by atoms with Crippen molar-refractivity contribution >= 4 is 17.7 Å². The van der Waals surface area contributed by atoms with Gasteiger partial charge in [0.15, 0.2) is 23.4 Å². The number of hydrogen-bond donors (Lipinski definition) is 9. The van der Waals surface area contributed by atoms with Gasteiger partial charge >= 0.3 is 5.79 Å². The first-order valence-corrected chi connectivity index (χ1v) is 12.3. The molecule has 222 valence electrons. The van der Waals surface area contributed by atoms with Crippen molar-refractivity contribution < 1.29 is 59.3 Å². The number of aliphatic hydroxyl groups excluding tert-OH is 3. The van der Waals surface area contributed by atoms with Crippen molar-refractivity contribution in [3.05, 3.63) is 70.3 Å². The Labute approximate surface area is 231 Å². The average molecular weight is 581 g/mol. The standard InChI is InChI=1S/C25H29FN4O11/c1-12(31)18(32)16-15(11-30(22(16)35)19-21(34)28-23(36)25(39,40)24(19,37)38)20(33)27-9-13-3-2-4-14(17(13)26)10-29-5-7-41-8-6-29/h2-4,19,27,31-33,37-40H,1,5-11H2,(H,28,34,36)/b18-16-,20-15-. The fourth-order valence-corrected chi connectivity index (χ4v) is 4.73. The van der Waals surface area contributed by atoms with E-state index >= 15 is 4.39 Å². The largest absolute Gasteiger partial charge is 0.505 e. The van der Waals surface area contributed by atoms with Gasteiger partial charge in [-0.1, -0.05) is 24.8 Å². The van der Waals surface area contributed by atoms with E-state index in [-0.39, 0.29) is 12.1 Å². The van der Waals surface area contributed by atoms with Gasteiger partial charge in [-0.25, -0.2) is 4.39 Å². The Bertz CT molecular complexity index is 1350. The summed E-state index contributed by atoms with van der Waals surface area (Å²) in [6.45, 7) is 4.48. The van der Waals surface area contributed by atoms with Crippen molar-refractivity contribution in [3.63, 3.8) is 0 Å². The van der Waals surface area contributed by atoms with Crippen molar-refractivity contribution in [2.75, 3.05) is 32.8 Å². The van der Waals surface area contributed by atoms with Gasteiger partial charge in [-0.05, 0) is 0 Å². The highest BCUT2D eigenvalue weighted by Crippen LogP contribution is 2.36. The second-order valence-electron chi connectivity index (χ2n) is 9.68. The molecule has 1 aromatic carbocycles. The van der Waals surface area contributed by atoms with Crippen LogP contribution in [0.2, 0.25) is 0 Å². The second-order valence-corrected chi connectivity index (χ2v) is 9.68. The molecule has 1 unspecified atom stereocenters. The molecule has 0 radical (unpaired) electrons. The predicted molar refractivity (Wildman–Crippen MR) is 133 cm³/mol. The molecule has 1 atom stereocenters. The molecule has 1 aromatic rings. The molecule has 3 aliphatic heterocycles. The van der Waals surface area contributed by atoms with Crippen LogP contribution in [0.5, 0.6) is 0 Å². The van der Waals surface area contributed by atoms with E-state index in [2.05, 4.69) is 11.9 Å². The Balaban J connectivity index is 1.64. The Kier molecular flexibility index (Phi) is 8.08. The molecule has 3 amide bonds. The van der Waals surface area contributed by atoms with E-state index in [0.29, 0.717) is 43.3 Å². The van der Waals surface area contributed by atoms with Crippen molar-refractivity contribution in [3.8, 4) is 0 Å². The Morgan fingerprint density at radius 1 is 1.10 bits per heavy atom. The van der Waals surface area contributed by atoms with Gasteiger partial charge in [-0.3, -0.25) is 24.6 Å². The molecule has 3 heterocycles. The van der Waals surface area contributed by atoms with Gasteiger partial charge in [0.05, 0.1) is 25.3 Å². The van der Waals surface area contributed by atoms with Gasteiger partial charge in [-0.15, -0.1) is 0 Å². The first-order chi connectivity index (χ1) is 19.2. The van der Waals surface area contributed by atoms with Crippen LogP contribution in [0.1, 0.15) is 11.1 Å². The van der Waals surface area contributed by atoms with E-state index < -0.39 is 76.2 Å². The monoisotopic (exact) mass is 580 g/mol. The summed E-state index contributed by atoms with van der Waals surface area (Å²) in [7, 11) is 0. The van der Waals surface area contributed by atoms with Crippen LogP contribution in [-0.4, -0.2) is 114 Å². The van der Waals surface area contributed by atoms with Crippen LogP contribution in [0.4, 0.5) is 4.39 Å². The van der Waals surface area contributed by atoms with Crippen LogP contribution in [0, 0.1) is 5.82 Å². The Hall–Kier alpha value is -4.06. The summed E-state index contributed by atoms with van der Waals surface area (Å²) >= 11 is 0. The molecule has 0 saturated carbocycles. The number of carbonyl (C=O) groups is 3. The van der Waals surface area contributed by atoms with Gasteiger partial charge in [0.1, 0.15) is 5.82 Å². The summed E-state index contributed by atoms with van der Waals surface area (Å²) in [4.78, 5) is 39.8. The van der Waals surface area contributed by atoms with Gasteiger partial charge in [0.25, 0.3) is 23.5 Å². The van der Waals surface area contributed by atoms with Crippen LogP contribution in [0.25, 0.3) is 0 Å². The number of morpholine rings is 1. The minimum absolute atomic E-state index is 0.116. The number of amides is 3. The van der Waals surface area contributed by atoms with Crippen molar-refractivity contribution in [1.82, 2.24) is 20.4 Å². The van der Waals surface area contributed by atoms with E-state index in [4.69, 9.17) is 4.74 Å². The number of carbonyl (C=O) groups excluding carboxylic acids is 3. The van der Waals surface area contributed by atoms with E-state index in [0.717, 1.165) is 0 Å². The first kappa shape index (κ1) is 29.9. The third-order valence-electron chi connectivity index (χ3n) is 7.01. The SMILES string of the molecule is C=C(O)/C(O)=C1/C(=O)N(C2C(=O)NC(=O)C(O)(O)C2(O)O)C/C1=C(/O)NCc1cccc(CN2CCOCC2)c1F. The zero-order chi connectivity index (χ0) is 30.3. The normalized spacial score (nSPS) is 25.1. The lowest BCUT2D eigenvalue weighted by molar-refractivity contribution is -0.355. The number of benzene rings is 1. The lowest BCUT2D eigenvalue weighted by atomic mass is 9.90. The molecule has 0 bridgehead atoms. The van der Waals surface area contributed by atoms with Gasteiger partial charge in [-0.2, -0.15) is 0 Å². The minimum Gasteiger partial charge on any atom is -0.505 e. The van der Waals surface area contributed by atoms with Gasteiger partial charge in [0, 0.05) is 42.9 Å². The van der Waals surface area contributed by atoms with E-state index in [9.17, 15) is 50.1 Å². The molecule has 41 heavy (non-hydrogen) atoms. The number of aliphatic hydroxyl groups is 7. The lowest BCUT2D eigenvalue weighted by Crippen LogP contribution is -2.79. The second kappa shape index (κ2) is 11.1. The number of imide groups is 1. The van der Waals surface area contributed by atoms with Gasteiger partial charge in [0.2, 0.25) is 0 Å². The van der Waals surface area contributed by atoms with Crippen LogP contribution >= 0.6 is 0 Å². The number of nitrogens with zero attached hydrogens (tertiary/aromatic N) is 2. The maximum Gasteiger partial charge on any atom is 0.303 e. The van der Waals surface area contributed by atoms with Gasteiger partial charge < -0.3 is 50.7 Å². The lowest BCUT2D eigenvalue weighted by Gasteiger charge is -2.44. The summed E-state index contributed by atoms with van der Waals surface area (Å²) in [5.41, 5.74) is -0.849. The third-order valence-corrected chi connectivity index (χ3v) is 7.01. The zero-order valence-electron chi connectivity index (χ0n) is 21.5. The molecule has 0 aromatic heterocycles. The number of halogens is 1. The average Bonchev–Trinajstić information content (AvgIpc) is 3.24. The Morgan fingerprint density at radius 2 is 1.73 bits per heavy atom. The molecule has 0 aliphatic carbocycles. The van der Waals surface area contributed by atoms with Crippen molar-refractivity contribution in [1.29, 1.82) is 0 Å². The first-order valence-electron chi connectivity index (χ1n) is 12.3. The fraction of sp³-hybridized carbons (Fsp3) is 0.400. The summed E-state index contributed by atoms with van der Waals surface area (Å²) in [6, 6.07) is 2.10. The molecule has 3 fully saturated rings. The van der Waals surface area contributed by atoms with E-state index in [1.54, 1.807) is 12.1 Å². The maximum atomic E-state index is 15.2. The molecule has 4 rings (SSSR count). The highest BCUT2D eigenvalue weighted by atomic mass is 19.1. The number of rotatable bonds is 7. The van der Waals surface area contributed by atoms with Crippen LogP contribution in [0.15, 0.2) is 53.3 Å². The van der Waals surface area contributed by atoms with E-state index in [1.807, 2.05) is 4.90 Å². The number of likely N-dealkylation sites (tertiary alicyclic amines) is 1. The molecule has 9 N–H and O–H groups in total. The fourth-order valence-electron chi connectivity index (χ4n) is 4.73. The zero-order valence-corrected chi connectivity index (χ0v) is 21.5. The number of hydrogen-bond acceptors (Lipinski definition) is 13. The topological polar surface area (TPSA) is 233 Å². The molecule has 16 heteroatoms. The molecular formula is C25H29FN4O11. The molecule has 15 nitrogen and oxygen atoms in total. The molecule has 3 aliphatic rings. The Morgan fingerprint density at radius 3 is 2.37 bits per heavy atom.